The van der Waals surface area contributed by atoms with Gasteiger partial charge in [0.25, 0.3) is 5.89 Å². The van der Waals surface area contributed by atoms with E-state index in [9.17, 15) is 9.59 Å². The number of hydrogen-bond donors (Lipinski definition) is 1. The maximum Gasteiger partial charge on any atom is 0.323 e. The molecule has 1 aromatic heterocycles. The second-order valence-corrected chi connectivity index (χ2v) is 2.83. The molecule has 1 amide bonds. The molecule has 1 heterocycles. The molecular weight excluding hydrogens is 188 g/mol. The highest BCUT2D eigenvalue weighted by Gasteiger charge is 2.18. The van der Waals surface area contributed by atoms with E-state index in [1.54, 1.807) is 6.92 Å². The first kappa shape index (κ1) is 10.2. The Hall–Kier alpha value is -1.85. The Balaban J connectivity index is 2.70. The molecule has 0 spiro atoms. The van der Waals surface area contributed by atoms with Gasteiger partial charge in [0.1, 0.15) is 12.3 Å². The zero-order chi connectivity index (χ0) is 10.7. The van der Waals surface area contributed by atoms with Crippen LogP contribution in [0, 0.1) is 6.92 Å². The third kappa shape index (κ3) is 2.32. The number of aromatic nitrogens is 1. The third-order valence-corrected chi connectivity index (χ3v) is 1.52. The Bertz CT molecular complexity index is 358. The fourth-order valence-electron chi connectivity index (χ4n) is 0.892. The van der Waals surface area contributed by atoms with Gasteiger partial charge < -0.3 is 14.4 Å². The molecule has 0 bridgehead atoms. The number of amides is 1. The second-order valence-electron chi connectivity index (χ2n) is 2.83. The molecule has 1 aromatic rings. The van der Waals surface area contributed by atoms with Gasteiger partial charge in [0.05, 0.1) is 6.20 Å². The molecule has 0 unspecified atom stereocenters. The Morgan fingerprint density at radius 3 is 2.71 bits per heavy atom. The van der Waals surface area contributed by atoms with Crippen molar-refractivity contribution in [2.24, 2.45) is 0 Å². The van der Waals surface area contributed by atoms with Crippen molar-refractivity contribution >= 4 is 11.9 Å². The predicted molar refractivity (Wildman–Crippen MR) is 45.8 cm³/mol. The van der Waals surface area contributed by atoms with Gasteiger partial charge in [-0.1, -0.05) is 0 Å². The fourth-order valence-corrected chi connectivity index (χ4v) is 0.892. The summed E-state index contributed by atoms with van der Waals surface area (Å²) in [4.78, 5) is 26.4. The average Bonchev–Trinajstić information content (AvgIpc) is 2.49. The van der Waals surface area contributed by atoms with Crippen LogP contribution in [-0.4, -0.2) is 40.5 Å². The SMILES string of the molecule is Cc1cnc(C(=O)N(C)CC(=O)O)o1. The molecule has 0 saturated heterocycles. The van der Waals surface area contributed by atoms with E-state index in [2.05, 4.69) is 4.98 Å². The summed E-state index contributed by atoms with van der Waals surface area (Å²) in [6, 6.07) is 0. The average molecular weight is 198 g/mol. The topological polar surface area (TPSA) is 83.6 Å². The van der Waals surface area contributed by atoms with Crippen LogP contribution < -0.4 is 0 Å². The molecular formula is C8H10N2O4. The van der Waals surface area contributed by atoms with E-state index in [0.717, 1.165) is 4.90 Å². The summed E-state index contributed by atoms with van der Waals surface area (Å²) >= 11 is 0. The Morgan fingerprint density at radius 1 is 1.64 bits per heavy atom. The lowest BCUT2D eigenvalue weighted by atomic mass is 10.5. The minimum Gasteiger partial charge on any atom is -0.480 e. The zero-order valence-electron chi connectivity index (χ0n) is 7.85. The normalized spacial score (nSPS) is 9.86. The third-order valence-electron chi connectivity index (χ3n) is 1.52. The molecule has 0 aromatic carbocycles. The van der Waals surface area contributed by atoms with Crippen molar-refractivity contribution in [2.45, 2.75) is 6.92 Å². The van der Waals surface area contributed by atoms with E-state index < -0.39 is 11.9 Å². The molecule has 0 radical (unpaired) electrons. The largest absolute Gasteiger partial charge is 0.480 e. The first-order valence-electron chi connectivity index (χ1n) is 3.90. The van der Waals surface area contributed by atoms with E-state index >= 15 is 0 Å². The Kier molecular flexibility index (Phi) is 2.85. The summed E-state index contributed by atoms with van der Waals surface area (Å²) in [5, 5.41) is 8.44. The lowest BCUT2D eigenvalue weighted by molar-refractivity contribution is -0.137. The first-order chi connectivity index (χ1) is 6.50. The van der Waals surface area contributed by atoms with Crippen LogP contribution in [-0.2, 0) is 4.79 Å². The van der Waals surface area contributed by atoms with Crippen LogP contribution in [0.25, 0.3) is 0 Å². The van der Waals surface area contributed by atoms with E-state index in [1.807, 2.05) is 0 Å². The summed E-state index contributed by atoms with van der Waals surface area (Å²) in [6.45, 7) is 1.28. The van der Waals surface area contributed by atoms with E-state index in [0.29, 0.717) is 5.76 Å². The van der Waals surface area contributed by atoms with E-state index in [1.165, 1.54) is 13.2 Å². The van der Waals surface area contributed by atoms with Gasteiger partial charge in [-0.25, -0.2) is 4.98 Å². The number of likely N-dealkylation sites (N-methyl/N-ethyl adjacent to an activating group) is 1. The monoisotopic (exact) mass is 198 g/mol. The van der Waals surface area contributed by atoms with Gasteiger partial charge in [-0.05, 0) is 6.92 Å². The van der Waals surface area contributed by atoms with Crippen molar-refractivity contribution < 1.29 is 19.1 Å². The number of carboxylic acid groups (broad SMARTS) is 1. The van der Waals surface area contributed by atoms with Gasteiger partial charge >= 0.3 is 11.9 Å². The van der Waals surface area contributed by atoms with Crippen molar-refractivity contribution in [1.29, 1.82) is 0 Å². The molecule has 0 saturated carbocycles. The van der Waals surface area contributed by atoms with Gasteiger partial charge in [0, 0.05) is 7.05 Å². The van der Waals surface area contributed by atoms with Crippen LogP contribution in [0.5, 0.6) is 0 Å². The molecule has 1 N–H and O–H groups in total. The number of carbonyl (C=O) groups excluding carboxylic acids is 1. The lowest BCUT2D eigenvalue weighted by Crippen LogP contribution is -2.32. The number of rotatable bonds is 3. The number of aliphatic carboxylic acids is 1. The molecule has 76 valence electrons. The molecule has 0 aliphatic carbocycles. The van der Waals surface area contributed by atoms with Crippen molar-refractivity contribution in [3.8, 4) is 0 Å². The van der Waals surface area contributed by atoms with Gasteiger partial charge in [-0.15, -0.1) is 0 Å². The predicted octanol–water partition coefficient (Wildman–Crippen LogP) is 0.140. The van der Waals surface area contributed by atoms with Gasteiger partial charge in [-0.2, -0.15) is 0 Å². The highest BCUT2D eigenvalue weighted by molar-refractivity contribution is 5.91. The summed E-state index contributed by atoms with van der Waals surface area (Å²) in [5.74, 6) is -1.20. The summed E-state index contributed by atoms with van der Waals surface area (Å²) in [7, 11) is 1.37. The molecule has 0 aliphatic heterocycles. The highest BCUT2D eigenvalue weighted by atomic mass is 16.4. The number of oxazole rings is 1. The van der Waals surface area contributed by atoms with E-state index in [4.69, 9.17) is 9.52 Å². The van der Waals surface area contributed by atoms with Crippen LogP contribution in [0.3, 0.4) is 0 Å². The molecule has 6 nitrogen and oxygen atoms in total. The number of carboxylic acids is 1. The zero-order valence-corrected chi connectivity index (χ0v) is 7.85. The molecule has 1 rings (SSSR count). The molecule has 14 heavy (non-hydrogen) atoms. The van der Waals surface area contributed by atoms with Crippen molar-refractivity contribution in [2.75, 3.05) is 13.6 Å². The van der Waals surface area contributed by atoms with Crippen LogP contribution in [0.15, 0.2) is 10.6 Å². The van der Waals surface area contributed by atoms with Crippen molar-refractivity contribution in [3.63, 3.8) is 0 Å². The van der Waals surface area contributed by atoms with Gasteiger partial charge in [0.2, 0.25) is 0 Å². The van der Waals surface area contributed by atoms with Gasteiger partial charge in [-0.3, -0.25) is 9.59 Å². The van der Waals surface area contributed by atoms with Crippen LogP contribution in [0.2, 0.25) is 0 Å². The summed E-state index contributed by atoms with van der Waals surface area (Å²) < 4.78 is 4.95. The Morgan fingerprint density at radius 2 is 2.29 bits per heavy atom. The maximum atomic E-state index is 11.4. The molecule has 6 heteroatoms. The van der Waals surface area contributed by atoms with Gasteiger partial charge in [0.15, 0.2) is 0 Å². The summed E-state index contributed by atoms with van der Waals surface area (Å²) in [6.07, 6.45) is 1.40. The standard InChI is InChI=1S/C8H10N2O4/c1-5-3-9-7(14-5)8(13)10(2)4-6(11)12/h3H,4H2,1-2H3,(H,11,12). The Labute approximate surface area is 80.1 Å². The highest BCUT2D eigenvalue weighted by Crippen LogP contribution is 2.04. The maximum absolute atomic E-state index is 11.4. The number of nitrogens with zero attached hydrogens (tertiary/aromatic N) is 2. The minimum absolute atomic E-state index is 0.0914. The quantitative estimate of drug-likeness (QED) is 0.746. The summed E-state index contributed by atoms with van der Waals surface area (Å²) in [5.41, 5.74) is 0. The van der Waals surface area contributed by atoms with Crippen LogP contribution in [0.4, 0.5) is 0 Å². The number of aryl methyl sites for hydroxylation is 1. The molecule has 0 fully saturated rings. The first-order valence-corrected chi connectivity index (χ1v) is 3.90. The van der Waals surface area contributed by atoms with E-state index in [-0.39, 0.29) is 12.4 Å². The lowest BCUT2D eigenvalue weighted by Gasteiger charge is -2.11. The van der Waals surface area contributed by atoms with Crippen LogP contribution in [0.1, 0.15) is 16.4 Å². The number of hydrogen-bond acceptors (Lipinski definition) is 4. The number of carbonyl (C=O) groups is 2. The van der Waals surface area contributed by atoms with Crippen molar-refractivity contribution in [3.05, 3.63) is 17.8 Å². The minimum atomic E-state index is -1.08. The smallest absolute Gasteiger partial charge is 0.323 e. The molecule has 0 atom stereocenters. The fraction of sp³-hybridized carbons (Fsp3) is 0.375. The molecule has 0 aliphatic rings. The second kappa shape index (κ2) is 3.91. The van der Waals surface area contributed by atoms with Crippen LogP contribution >= 0.6 is 0 Å². The van der Waals surface area contributed by atoms with Crippen molar-refractivity contribution in [1.82, 2.24) is 9.88 Å².